The second-order valence-corrected chi connectivity index (χ2v) is 7.58. The molecule has 1 aliphatic rings. The molecule has 1 heterocycles. The molecule has 1 aromatic heterocycles. The molecule has 21 heavy (non-hydrogen) atoms. The van der Waals surface area contributed by atoms with Gasteiger partial charge in [-0.2, -0.15) is 0 Å². The van der Waals surface area contributed by atoms with Gasteiger partial charge in [0.05, 0.1) is 16.5 Å². The van der Waals surface area contributed by atoms with Crippen LogP contribution in [-0.4, -0.2) is 26.1 Å². The van der Waals surface area contributed by atoms with E-state index in [1.807, 2.05) is 0 Å². The van der Waals surface area contributed by atoms with Crippen molar-refractivity contribution < 1.29 is 17.7 Å². The molecule has 1 aromatic carbocycles. The summed E-state index contributed by atoms with van der Waals surface area (Å²) >= 11 is 0. The normalized spacial score (nSPS) is 16.7. The summed E-state index contributed by atoms with van der Waals surface area (Å²) in [6.07, 6.45) is 5.20. The van der Waals surface area contributed by atoms with Crippen LogP contribution in [0.15, 0.2) is 33.8 Å². The molecule has 0 radical (unpaired) electrons. The molecular weight excluding hydrogens is 290 g/mol. The minimum Gasteiger partial charge on any atom is -0.356 e. The largest absolute Gasteiger partial charge is 0.356 e. The highest BCUT2D eigenvalue weighted by molar-refractivity contribution is 7.90. The van der Waals surface area contributed by atoms with Gasteiger partial charge >= 0.3 is 0 Å². The molecular formula is C15H15NO4S. The zero-order valence-corrected chi connectivity index (χ0v) is 12.6. The Morgan fingerprint density at radius 1 is 1.33 bits per heavy atom. The van der Waals surface area contributed by atoms with Gasteiger partial charge in [0.1, 0.15) is 6.29 Å². The Hall–Kier alpha value is -1.95. The Kier molecular flexibility index (Phi) is 3.02. The van der Waals surface area contributed by atoms with Gasteiger partial charge in [0.2, 0.25) is 0 Å². The van der Waals surface area contributed by atoms with Crippen LogP contribution in [0.1, 0.15) is 24.0 Å². The first kappa shape index (κ1) is 14.0. The van der Waals surface area contributed by atoms with Gasteiger partial charge in [0.15, 0.2) is 15.6 Å². The third-order valence-electron chi connectivity index (χ3n) is 3.97. The Bertz CT molecular complexity index is 816. The first-order valence-corrected chi connectivity index (χ1v) is 8.49. The van der Waals surface area contributed by atoms with E-state index in [2.05, 4.69) is 5.16 Å². The minimum absolute atomic E-state index is 0.262. The molecule has 0 unspecified atom stereocenters. The van der Waals surface area contributed by atoms with Gasteiger partial charge in [-0.25, -0.2) is 8.42 Å². The van der Waals surface area contributed by atoms with Crippen molar-refractivity contribution in [3.8, 4) is 11.3 Å². The van der Waals surface area contributed by atoms with E-state index >= 15 is 0 Å². The predicted octanol–water partition coefficient (Wildman–Crippen LogP) is 2.28. The van der Waals surface area contributed by atoms with Crippen molar-refractivity contribution >= 4 is 16.1 Å². The van der Waals surface area contributed by atoms with Crippen molar-refractivity contribution in [2.75, 3.05) is 6.26 Å². The highest BCUT2D eigenvalue weighted by Crippen LogP contribution is 2.49. The Balaban J connectivity index is 2.15. The SMILES string of the molecule is Cc1ccc(-c2oncc2C2(C=O)CC2)cc1S(C)(=O)=O. The van der Waals surface area contributed by atoms with Crippen LogP contribution in [0.5, 0.6) is 0 Å². The molecule has 0 saturated heterocycles. The van der Waals surface area contributed by atoms with Crippen molar-refractivity contribution in [2.45, 2.75) is 30.1 Å². The summed E-state index contributed by atoms with van der Waals surface area (Å²) in [7, 11) is -3.32. The van der Waals surface area contributed by atoms with Crippen LogP contribution in [0.2, 0.25) is 0 Å². The lowest BCUT2D eigenvalue weighted by Gasteiger charge is -2.09. The van der Waals surface area contributed by atoms with Gasteiger partial charge in [-0.15, -0.1) is 0 Å². The lowest BCUT2D eigenvalue weighted by molar-refractivity contribution is -0.109. The smallest absolute Gasteiger partial charge is 0.175 e. The highest BCUT2D eigenvalue weighted by Gasteiger charge is 2.47. The maximum Gasteiger partial charge on any atom is 0.175 e. The van der Waals surface area contributed by atoms with Gasteiger partial charge in [0, 0.05) is 17.4 Å². The maximum absolute atomic E-state index is 11.8. The molecule has 3 rings (SSSR count). The first-order valence-electron chi connectivity index (χ1n) is 6.60. The second-order valence-electron chi connectivity index (χ2n) is 5.60. The number of aromatic nitrogens is 1. The Labute approximate surface area is 122 Å². The molecule has 5 nitrogen and oxygen atoms in total. The van der Waals surface area contributed by atoms with Crippen LogP contribution in [-0.2, 0) is 20.0 Å². The summed E-state index contributed by atoms with van der Waals surface area (Å²) in [6.45, 7) is 1.75. The summed E-state index contributed by atoms with van der Waals surface area (Å²) in [5, 5.41) is 3.78. The number of hydrogen-bond donors (Lipinski definition) is 0. The van der Waals surface area contributed by atoms with Crippen LogP contribution in [0.4, 0.5) is 0 Å². The summed E-state index contributed by atoms with van der Waals surface area (Å²) in [5.41, 5.74) is 1.53. The molecule has 6 heteroatoms. The lowest BCUT2D eigenvalue weighted by Crippen LogP contribution is -2.08. The average Bonchev–Trinajstić information content (AvgIpc) is 3.07. The van der Waals surface area contributed by atoms with Crippen LogP contribution in [0.3, 0.4) is 0 Å². The van der Waals surface area contributed by atoms with Crippen molar-refractivity contribution in [1.29, 1.82) is 0 Å². The third-order valence-corrected chi connectivity index (χ3v) is 5.21. The van der Waals surface area contributed by atoms with Crippen molar-refractivity contribution in [3.63, 3.8) is 0 Å². The number of sulfone groups is 1. The summed E-state index contributed by atoms with van der Waals surface area (Å²) in [4.78, 5) is 11.5. The molecule has 0 bridgehead atoms. The topological polar surface area (TPSA) is 77.2 Å². The van der Waals surface area contributed by atoms with Crippen LogP contribution in [0.25, 0.3) is 11.3 Å². The predicted molar refractivity (Wildman–Crippen MR) is 76.8 cm³/mol. The van der Waals surface area contributed by atoms with Crippen LogP contribution in [0, 0.1) is 6.92 Å². The van der Waals surface area contributed by atoms with E-state index in [0.717, 1.165) is 24.7 Å². The lowest BCUT2D eigenvalue weighted by atomic mass is 9.95. The number of aryl methyl sites for hydroxylation is 1. The van der Waals surface area contributed by atoms with E-state index in [1.54, 1.807) is 31.3 Å². The van der Waals surface area contributed by atoms with E-state index in [4.69, 9.17) is 4.52 Å². The second kappa shape index (κ2) is 4.53. The van der Waals surface area contributed by atoms with Crippen LogP contribution < -0.4 is 0 Å². The number of carbonyl (C=O) groups is 1. The maximum atomic E-state index is 11.8. The van der Waals surface area contributed by atoms with E-state index in [-0.39, 0.29) is 4.90 Å². The average molecular weight is 305 g/mol. The third kappa shape index (κ3) is 2.29. The Morgan fingerprint density at radius 2 is 2.05 bits per heavy atom. The van der Waals surface area contributed by atoms with Gasteiger partial charge in [-0.1, -0.05) is 17.3 Å². The van der Waals surface area contributed by atoms with Gasteiger partial charge in [-0.05, 0) is 31.4 Å². The molecule has 2 aromatic rings. The highest BCUT2D eigenvalue weighted by atomic mass is 32.2. The van der Waals surface area contributed by atoms with E-state index < -0.39 is 15.3 Å². The van der Waals surface area contributed by atoms with Gasteiger partial charge in [0.25, 0.3) is 0 Å². The molecule has 1 fully saturated rings. The zero-order chi connectivity index (χ0) is 15.3. The fraction of sp³-hybridized carbons (Fsp3) is 0.333. The van der Waals surface area contributed by atoms with Gasteiger partial charge < -0.3 is 9.32 Å². The molecule has 1 saturated carbocycles. The van der Waals surface area contributed by atoms with E-state index in [1.165, 1.54) is 6.26 Å². The number of rotatable bonds is 4. The molecule has 0 aliphatic heterocycles. The van der Waals surface area contributed by atoms with E-state index in [0.29, 0.717) is 16.9 Å². The summed E-state index contributed by atoms with van der Waals surface area (Å²) in [6, 6.07) is 5.10. The number of hydrogen-bond acceptors (Lipinski definition) is 5. The number of benzene rings is 1. The summed E-state index contributed by atoms with van der Waals surface area (Å²) in [5.74, 6) is 0.476. The molecule has 0 spiro atoms. The quantitative estimate of drug-likeness (QED) is 0.810. The standard InChI is InChI=1S/C15H15NO4S/c1-10-3-4-11(7-13(10)21(2,18)19)14-12(8-16-20-14)15(9-17)5-6-15/h3-4,7-9H,5-6H2,1-2H3. The fourth-order valence-corrected chi connectivity index (χ4v) is 3.52. The first-order chi connectivity index (χ1) is 9.87. The number of carbonyl (C=O) groups excluding carboxylic acids is 1. The summed E-state index contributed by atoms with van der Waals surface area (Å²) < 4.78 is 28.9. The molecule has 0 atom stereocenters. The van der Waals surface area contributed by atoms with Gasteiger partial charge in [-0.3, -0.25) is 0 Å². The van der Waals surface area contributed by atoms with Crippen LogP contribution >= 0.6 is 0 Å². The molecule has 1 aliphatic carbocycles. The number of nitrogens with zero attached hydrogens (tertiary/aromatic N) is 1. The van der Waals surface area contributed by atoms with Crippen molar-refractivity contribution in [3.05, 3.63) is 35.5 Å². The zero-order valence-electron chi connectivity index (χ0n) is 11.8. The molecule has 0 N–H and O–H groups in total. The monoisotopic (exact) mass is 305 g/mol. The Morgan fingerprint density at radius 3 is 2.62 bits per heavy atom. The van der Waals surface area contributed by atoms with Crippen molar-refractivity contribution in [1.82, 2.24) is 5.16 Å². The molecule has 110 valence electrons. The van der Waals surface area contributed by atoms with E-state index in [9.17, 15) is 13.2 Å². The molecule has 0 amide bonds. The van der Waals surface area contributed by atoms with Crippen molar-refractivity contribution in [2.24, 2.45) is 0 Å². The minimum atomic E-state index is -3.32. The number of aldehydes is 1. The fourth-order valence-electron chi connectivity index (χ4n) is 2.53.